The van der Waals surface area contributed by atoms with Crippen molar-refractivity contribution < 1.29 is 9.13 Å². The van der Waals surface area contributed by atoms with Crippen LogP contribution in [0.1, 0.15) is 24.2 Å². The summed E-state index contributed by atoms with van der Waals surface area (Å²) in [5.41, 5.74) is 14.5. The van der Waals surface area contributed by atoms with Crippen LogP contribution >= 0.6 is 0 Å². The Hall–Kier alpha value is -3.53. The summed E-state index contributed by atoms with van der Waals surface area (Å²) in [6.07, 6.45) is 5.08. The Labute approximate surface area is 183 Å². The lowest BCUT2D eigenvalue weighted by Gasteiger charge is -2.31. The summed E-state index contributed by atoms with van der Waals surface area (Å²) >= 11 is 0. The minimum atomic E-state index is -0.357. The van der Waals surface area contributed by atoms with Crippen LogP contribution in [0.4, 0.5) is 15.9 Å². The number of hydrogen-bond donors (Lipinski definition) is 3. The standard InChI is InChI=1S/C22H23FN8O/c1-9-14(23)5-16(25)19-17(9)18-20(28-19)29-22(32-13-6-26-10(2)27-7-13)30-21(18)31-8-11-3-12(31)4-15(11)24/h5-7,11-12,15H,3-4,8,24-25H2,1-2H3,(H,28,29,30)/t11-,12-,15-/m1/s1. The van der Waals surface area contributed by atoms with Gasteiger partial charge in [0.15, 0.2) is 5.75 Å². The zero-order chi connectivity index (χ0) is 22.1. The molecule has 32 heavy (non-hydrogen) atoms. The highest BCUT2D eigenvalue weighted by atomic mass is 19.1. The molecule has 4 aromatic rings. The number of aryl methyl sites for hydroxylation is 2. The molecule has 1 aliphatic carbocycles. The third kappa shape index (κ3) is 2.79. The van der Waals surface area contributed by atoms with E-state index in [-0.39, 0.29) is 23.9 Å². The number of nitrogens with one attached hydrogen (secondary N) is 1. The molecule has 2 bridgehead atoms. The molecular weight excluding hydrogens is 411 g/mol. The minimum Gasteiger partial charge on any atom is -0.421 e. The summed E-state index contributed by atoms with van der Waals surface area (Å²) < 4.78 is 20.5. The van der Waals surface area contributed by atoms with Crippen LogP contribution in [0.25, 0.3) is 21.9 Å². The second-order valence-electron chi connectivity index (χ2n) is 8.77. The number of piperidine rings is 1. The van der Waals surface area contributed by atoms with Crippen molar-refractivity contribution in [2.45, 2.75) is 38.8 Å². The van der Waals surface area contributed by atoms with Crippen molar-refractivity contribution in [3.8, 4) is 11.8 Å². The van der Waals surface area contributed by atoms with Gasteiger partial charge in [-0.25, -0.2) is 14.4 Å². The second-order valence-corrected chi connectivity index (χ2v) is 8.77. The normalized spacial score (nSPS) is 22.4. The number of rotatable bonds is 3. The summed E-state index contributed by atoms with van der Waals surface area (Å²) in [6, 6.07) is 1.97. The van der Waals surface area contributed by atoms with Crippen molar-refractivity contribution in [1.82, 2.24) is 24.9 Å². The molecule has 0 spiro atoms. The Morgan fingerprint density at radius 2 is 1.94 bits per heavy atom. The highest BCUT2D eigenvalue weighted by Gasteiger charge is 2.44. The molecule has 3 atom stereocenters. The number of hydrogen-bond acceptors (Lipinski definition) is 8. The number of fused-ring (bicyclic) bond motifs is 5. The number of nitrogen functional groups attached to an aromatic ring is 1. The van der Waals surface area contributed by atoms with E-state index in [0.29, 0.717) is 51.1 Å². The van der Waals surface area contributed by atoms with Crippen molar-refractivity contribution in [3.63, 3.8) is 0 Å². The van der Waals surface area contributed by atoms with Gasteiger partial charge in [0.05, 0.1) is 29.0 Å². The zero-order valence-electron chi connectivity index (χ0n) is 17.8. The Morgan fingerprint density at radius 1 is 1.16 bits per heavy atom. The number of aromatic amines is 1. The molecule has 2 aliphatic rings. The quantitative estimate of drug-likeness (QED) is 0.419. The predicted molar refractivity (Wildman–Crippen MR) is 119 cm³/mol. The van der Waals surface area contributed by atoms with E-state index >= 15 is 0 Å². The van der Waals surface area contributed by atoms with Gasteiger partial charge in [-0.2, -0.15) is 9.97 Å². The first-order valence-electron chi connectivity index (χ1n) is 10.7. The molecule has 2 fully saturated rings. The van der Waals surface area contributed by atoms with Crippen LogP contribution in [0.2, 0.25) is 0 Å². The third-order valence-electron chi connectivity index (χ3n) is 6.75. The topological polar surface area (TPSA) is 132 Å². The lowest BCUT2D eigenvalue weighted by Crippen LogP contribution is -2.41. The third-order valence-corrected chi connectivity index (χ3v) is 6.75. The minimum absolute atomic E-state index is 0.162. The van der Waals surface area contributed by atoms with Gasteiger partial charge in [0.2, 0.25) is 0 Å². The van der Waals surface area contributed by atoms with Gasteiger partial charge >= 0.3 is 6.01 Å². The average molecular weight is 434 g/mol. The number of benzene rings is 1. The van der Waals surface area contributed by atoms with Crippen LogP contribution in [0.3, 0.4) is 0 Å². The Bertz CT molecular complexity index is 1370. The maximum absolute atomic E-state index is 14.6. The maximum atomic E-state index is 14.6. The largest absolute Gasteiger partial charge is 0.421 e. The van der Waals surface area contributed by atoms with Gasteiger partial charge in [-0.1, -0.05) is 0 Å². The van der Waals surface area contributed by atoms with Crippen LogP contribution in [0.5, 0.6) is 11.8 Å². The number of anilines is 2. The maximum Gasteiger partial charge on any atom is 0.326 e. The van der Waals surface area contributed by atoms with E-state index in [2.05, 4.69) is 24.8 Å². The van der Waals surface area contributed by atoms with Crippen LogP contribution < -0.4 is 21.1 Å². The molecule has 1 aliphatic heterocycles. The molecule has 0 radical (unpaired) electrons. The highest BCUT2D eigenvalue weighted by molar-refractivity contribution is 6.15. The van der Waals surface area contributed by atoms with E-state index in [9.17, 15) is 4.39 Å². The number of halogens is 1. The fraction of sp³-hybridized carbons (Fsp3) is 0.364. The van der Waals surface area contributed by atoms with Gasteiger partial charge in [0.25, 0.3) is 0 Å². The smallest absolute Gasteiger partial charge is 0.326 e. The molecule has 1 saturated carbocycles. The van der Waals surface area contributed by atoms with Gasteiger partial charge in [0.1, 0.15) is 23.1 Å². The SMILES string of the molecule is Cc1ncc(Oc2nc(N3C[C@H]4C[C@@H]3C[C@H]4N)c3c(n2)[nH]c2c(N)cc(F)c(C)c23)cn1. The van der Waals surface area contributed by atoms with Crippen LogP contribution in [0.15, 0.2) is 18.5 Å². The summed E-state index contributed by atoms with van der Waals surface area (Å²) in [5.74, 6) is 1.83. The molecule has 1 aromatic carbocycles. The fourth-order valence-electron chi connectivity index (χ4n) is 5.13. The number of nitrogens with zero attached hydrogens (tertiary/aromatic N) is 5. The molecule has 1 saturated heterocycles. The zero-order valence-corrected chi connectivity index (χ0v) is 17.8. The molecule has 10 heteroatoms. The van der Waals surface area contributed by atoms with Crippen molar-refractivity contribution in [3.05, 3.63) is 35.7 Å². The molecule has 4 heterocycles. The molecule has 6 rings (SSSR count). The van der Waals surface area contributed by atoms with Gasteiger partial charge < -0.3 is 26.1 Å². The average Bonchev–Trinajstić information content (AvgIpc) is 3.45. The number of H-pyrrole nitrogens is 1. The number of ether oxygens (including phenoxy) is 1. The van der Waals surface area contributed by atoms with E-state index in [1.807, 2.05) is 0 Å². The van der Waals surface area contributed by atoms with E-state index < -0.39 is 0 Å². The lowest BCUT2D eigenvalue weighted by atomic mass is 10.0. The molecule has 5 N–H and O–H groups in total. The van der Waals surface area contributed by atoms with Gasteiger partial charge in [-0.05, 0) is 44.2 Å². The Kier molecular flexibility index (Phi) is 4.03. The predicted octanol–water partition coefficient (Wildman–Crippen LogP) is 2.96. The Balaban J connectivity index is 1.57. The van der Waals surface area contributed by atoms with Crippen LogP contribution in [-0.4, -0.2) is 43.5 Å². The summed E-state index contributed by atoms with van der Waals surface area (Å²) in [6.45, 7) is 4.34. The van der Waals surface area contributed by atoms with Gasteiger partial charge in [-0.3, -0.25) is 0 Å². The first-order chi connectivity index (χ1) is 15.4. The summed E-state index contributed by atoms with van der Waals surface area (Å²) in [5, 5.41) is 1.45. The summed E-state index contributed by atoms with van der Waals surface area (Å²) in [4.78, 5) is 23.2. The van der Waals surface area contributed by atoms with E-state index in [4.69, 9.17) is 21.2 Å². The fourth-order valence-corrected chi connectivity index (χ4v) is 5.13. The van der Waals surface area contributed by atoms with Crippen molar-refractivity contribution in [2.75, 3.05) is 17.2 Å². The monoisotopic (exact) mass is 434 g/mol. The van der Waals surface area contributed by atoms with Gasteiger partial charge in [0, 0.05) is 24.0 Å². The first-order valence-corrected chi connectivity index (χ1v) is 10.7. The van der Waals surface area contributed by atoms with Crippen molar-refractivity contribution in [1.29, 1.82) is 0 Å². The van der Waals surface area contributed by atoms with Crippen molar-refractivity contribution in [2.24, 2.45) is 11.7 Å². The molecule has 0 unspecified atom stereocenters. The molecule has 164 valence electrons. The van der Waals surface area contributed by atoms with E-state index in [0.717, 1.165) is 24.8 Å². The molecule has 9 nitrogen and oxygen atoms in total. The number of nitrogens with two attached hydrogens (primary N) is 2. The first kappa shape index (κ1) is 19.2. The molecule has 0 amide bonds. The van der Waals surface area contributed by atoms with Gasteiger partial charge in [-0.15, -0.1) is 0 Å². The summed E-state index contributed by atoms with van der Waals surface area (Å²) in [7, 11) is 0. The lowest BCUT2D eigenvalue weighted by molar-refractivity contribution is 0.435. The molecule has 3 aromatic heterocycles. The number of aromatic nitrogens is 5. The second kappa shape index (κ2) is 6.73. The highest BCUT2D eigenvalue weighted by Crippen LogP contribution is 2.44. The van der Waals surface area contributed by atoms with Crippen LogP contribution in [-0.2, 0) is 0 Å². The van der Waals surface area contributed by atoms with E-state index in [1.165, 1.54) is 6.07 Å². The van der Waals surface area contributed by atoms with Crippen molar-refractivity contribution >= 4 is 33.4 Å². The molecular formula is C22H23FN8O. The van der Waals surface area contributed by atoms with E-state index in [1.54, 1.807) is 26.2 Å². The van der Waals surface area contributed by atoms with Crippen LogP contribution in [0, 0.1) is 25.6 Å². The Morgan fingerprint density at radius 3 is 2.62 bits per heavy atom.